The maximum Gasteiger partial charge on any atom is 0.118 e. The van der Waals surface area contributed by atoms with Crippen LogP contribution in [0, 0.1) is 0 Å². The van der Waals surface area contributed by atoms with Crippen molar-refractivity contribution in [1.29, 1.82) is 0 Å². The van der Waals surface area contributed by atoms with Crippen LogP contribution in [0.15, 0.2) is 0 Å². The highest BCUT2D eigenvalue weighted by molar-refractivity contribution is 6.18. The van der Waals surface area contributed by atoms with E-state index in [9.17, 15) is 0 Å². The van der Waals surface area contributed by atoms with Crippen molar-refractivity contribution < 1.29 is 0 Å². The quantitative estimate of drug-likeness (QED) is 0.365. The fraction of sp³-hybridized carbons (Fsp3) is 1.00. The first-order valence-electron chi connectivity index (χ1n) is 1.68. The molecule has 0 unspecified atom stereocenters. The summed E-state index contributed by atoms with van der Waals surface area (Å²) in [5.74, 6) is 0.795. The number of halogens is 1. The molecule has 0 aromatic carbocycles. The minimum absolute atomic E-state index is 0.795. The van der Waals surface area contributed by atoms with E-state index in [1.807, 2.05) is 0 Å². The molecule has 0 atom stereocenters. The molecule has 0 aliphatic rings. The highest BCUT2D eigenvalue weighted by atomic mass is 35.5. The van der Waals surface area contributed by atoms with Gasteiger partial charge < -0.3 is 0 Å². The summed E-state index contributed by atoms with van der Waals surface area (Å²) in [5, 5.41) is 1.13. The van der Waals surface area contributed by atoms with Crippen molar-refractivity contribution in [1.82, 2.24) is 0 Å². The van der Waals surface area contributed by atoms with Crippen molar-refractivity contribution >= 4 is 27.9 Å². The van der Waals surface area contributed by atoms with Crippen LogP contribution in [0.5, 0.6) is 0 Å². The summed E-state index contributed by atoms with van der Waals surface area (Å²) >= 11 is 7.90. The highest BCUT2D eigenvalue weighted by Crippen LogP contribution is 1.84. The smallest absolute Gasteiger partial charge is 0.118 e. The Kier molecular flexibility index (Phi) is 5.62. The van der Waals surface area contributed by atoms with Gasteiger partial charge in [-0.3, -0.25) is 0 Å². The first-order valence-corrected chi connectivity index (χ1v) is 3.03. The zero-order valence-electron chi connectivity index (χ0n) is 3.08. The third-order valence-electron chi connectivity index (χ3n) is 0.338. The Morgan fingerprint density at radius 2 is 2.20 bits per heavy atom. The van der Waals surface area contributed by atoms with E-state index >= 15 is 0 Å². The molecule has 0 saturated heterocycles. The second-order valence-corrected chi connectivity index (χ2v) is 1.79. The van der Waals surface area contributed by atoms with Gasteiger partial charge in [0.2, 0.25) is 0 Å². The number of rotatable bonds is 2. The predicted molar refractivity (Wildman–Crippen MR) is 25.9 cm³/mol. The summed E-state index contributed by atoms with van der Waals surface area (Å²) in [5.41, 5.74) is 0. The van der Waals surface area contributed by atoms with E-state index in [4.69, 9.17) is 11.6 Å². The molecule has 0 saturated carbocycles. The first-order chi connectivity index (χ1) is 2.41. The van der Waals surface area contributed by atoms with Crippen molar-refractivity contribution in [3.8, 4) is 0 Å². The lowest BCUT2D eigenvalue weighted by atomic mass is 10.6. The summed E-state index contributed by atoms with van der Waals surface area (Å²) in [6, 6.07) is 0. The molecular formula is C3H6AlCl. The highest BCUT2D eigenvalue weighted by Gasteiger charge is 1.69. The molecule has 0 rings (SSSR count). The zero-order chi connectivity index (χ0) is 4.12. The molecule has 0 nitrogen and oxygen atoms in total. The van der Waals surface area contributed by atoms with Crippen LogP contribution in [0.2, 0.25) is 5.28 Å². The van der Waals surface area contributed by atoms with Gasteiger partial charge in [0, 0.05) is 5.88 Å². The Hall–Kier alpha value is 0.822. The molecule has 0 aromatic heterocycles. The number of hydrogen-bond donors (Lipinski definition) is 0. The monoisotopic (exact) mass is 104 g/mol. The third-order valence-corrected chi connectivity index (χ3v) is 1.01. The van der Waals surface area contributed by atoms with E-state index in [-0.39, 0.29) is 0 Å². The van der Waals surface area contributed by atoms with Gasteiger partial charge in [-0.2, -0.15) is 0 Å². The molecule has 0 N–H and O–H groups in total. The van der Waals surface area contributed by atoms with Gasteiger partial charge in [0.25, 0.3) is 0 Å². The fourth-order valence-corrected chi connectivity index (χ4v) is 0.694. The molecule has 2 heteroatoms. The van der Waals surface area contributed by atoms with Crippen molar-refractivity contribution in [2.45, 2.75) is 11.7 Å². The second kappa shape index (κ2) is 4.82. The lowest BCUT2D eigenvalue weighted by Gasteiger charge is -1.78. The Morgan fingerprint density at radius 1 is 1.60 bits per heavy atom. The van der Waals surface area contributed by atoms with Crippen LogP contribution in [0.1, 0.15) is 6.42 Å². The molecule has 0 aliphatic carbocycles. The van der Waals surface area contributed by atoms with E-state index in [0.29, 0.717) is 0 Å². The zero-order valence-corrected chi connectivity index (χ0v) is 4.99. The molecule has 2 radical (unpaired) electrons. The largest absolute Gasteiger partial charge is 0.127 e. The molecule has 28 valence electrons. The Morgan fingerprint density at radius 3 is 2.20 bits per heavy atom. The van der Waals surface area contributed by atoms with Crippen molar-refractivity contribution in [2.24, 2.45) is 0 Å². The molecule has 0 fully saturated rings. The SMILES string of the molecule is [Al][CH2]CCCl. The fourth-order valence-electron chi connectivity index (χ4n) is 0.0772. The van der Waals surface area contributed by atoms with E-state index in [1.54, 1.807) is 0 Å². The molecule has 5 heavy (non-hydrogen) atoms. The molecule has 0 bridgehead atoms. The van der Waals surface area contributed by atoms with Gasteiger partial charge >= 0.3 is 0 Å². The van der Waals surface area contributed by atoms with E-state index in [1.165, 1.54) is 0 Å². The van der Waals surface area contributed by atoms with Crippen LogP contribution in [0.3, 0.4) is 0 Å². The van der Waals surface area contributed by atoms with Gasteiger partial charge in [-0.05, 0) is 0 Å². The topological polar surface area (TPSA) is 0 Å². The van der Waals surface area contributed by atoms with Gasteiger partial charge in [-0.25, -0.2) is 0 Å². The Balaban J connectivity index is 2.19. The molecule has 0 spiro atoms. The van der Waals surface area contributed by atoms with Gasteiger partial charge in [0.05, 0.1) is 0 Å². The summed E-state index contributed by atoms with van der Waals surface area (Å²) < 4.78 is 0. The Bertz CT molecular complexity index is 14.4. The maximum absolute atomic E-state index is 5.29. The van der Waals surface area contributed by atoms with Gasteiger partial charge in [-0.15, -0.1) is 16.9 Å². The molecular weight excluding hydrogens is 98.5 g/mol. The van der Waals surface area contributed by atoms with Gasteiger partial charge in [-0.1, -0.05) is 6.42 Å². The van der Waals surface area contributed by atoms with Crippen LogP contribution in [-0.2, 0) is 0 Å². The second-order valence-electron chi connectivity index (χ2n) is 0.831. The van der Waals surface area contributed by atoms with Crippen LogP contribution in [0.25, 0.3) is 0 Å². The Labute approximate surface area is 45.9 Å². The minimum Gasteiger partial charge on any atom is -0.127 e. The summed E-state index contributed by atoms with van der Waals surface area (Å²) in [6.45, 7) is 0. The molecule has 0 amide bonds. The van der Waals surface area contributed by atoms with E-state index in [2.05, 4.69) is 16.3 Å². The lowest BCUT2D eigenvalue weighted by Crippen LogP contribution is -1.68. The minimum atomic E-state index is 0.795. The van der Waals surface area contributed by atoms with Crippen LogP contribution in [-0.4, -0.2) is 22.2 Å². The number of hydrogen-bond acceptors (Lipinski definition) is 0. The third kappa shape index (κ3) is 4.82. The summed E-state index contributed by atoms with van der Waals surface area (Å²) in [6.07, 6.45) is 1.12. The van der Waals surface area contributed by atoms with Gasteiger partial charge in [0.15, 0.2) is 0 Å². The average molecular weight is 105 g/mol. The van der Waals surface area contributed by atoms with Gasteiger partial charge in [0.1, 0.15) is 16.3 Å². The molecule has 0 aliphatic heterocycles. The number of alkyl halides is 1. The molecule has 0 heterocycles. The first kappa shape index (κ1) is 5.82. The van der Waals surface area contributed by atoms with Crippen LogP contribution >= 0.6 is 11.6 Å². The summed E-state index contributed by atoms with van der Waals surface area (Å²) in [7, 11) is 0. The predicted octanol–water partition coefficient (Wildman–Crippen LogP) is 1.20. The van der Waals surface area contributed by atoms with E-state index in [0.717, 1.165) is 17.6 Å². The van der Waals surface area contributed by atoms with Crippen molar-refractivity contribution in [3.05, 3.63) is 0 Å². The van der Waals surface area contributed by atoms with Crippen LogP contribution < -0.4 is 0 Å². The van der Waals surface area contributed by atoms with Crippen molar-refractivity contribution in [2.75, 3.05) is 5.88 Å². The van der Waals surface area contributed by atoms with E-state index < -0.39 is 0 Å². The maximum atomic E-state index is 5.29. The van der Waals surface area contributed by atoms with Crippen molar-refractivity contribution in [3.63, 3.8) is 0 Å². The summed E-state index contributed by atoms with van der Waals surface area (Å²) in [4.78, 5) is 0. The average Bonchev–Trinajstić information content (AvgIpc) is 1.41. The standard InChI is InChI=1S/C3H6Cl.Al/c1-2-3-4;/h1-3H2;. The normalized spacial score (nSPS) is 8.20. The molecule has 0 aromatic rings. The van der Waals surface area contributed by atoms with Crippen LogP contribution in [0.4, 0.5) is 0 Å². The lowest BCUT2D eigenvalue weighted by molar-refractivity contribution is 1.09.